The Morgan fingerprint density at radius 3 is 2.50 bits per heavy atom. The Labute approximate surface area is 193 Å². The molecule has 4 aromatic rings. The molecule has 3 aromatic carbocycles. The zero-order chi connectivity index (χ0) is 23.7. The largest absolute Gasteiger partial charge is 0.362 e. The predicted molar refractivity (Wildman–Crippen MR) is 128 cm³/mol. The molecule has 0 saturated heterocycles. The van der Waals surface area contributed by atoms with Crippen molar-refractivity contribution in [3.05, 3.63) is 107 Å². The molecule has 5 rings (SSSR count). The van der Waals surface area contributed by atoms with Crippen LogP contribution in [-0.4, -0.2) is 16.8 Å². The maximum Gasteiger partial charge on any atom is 0.258 e. The average Bonchev–Trinajstić information content (AvgIpc) is 3.42. The summed E-state index contributed by atoms with van der Waals surface area (Å²) in [5.74, 6) is -2.55. The lowest BCUT2D eigenvalue weighted by Crippen LogP contribution is -2.14. The Morgan fingerprint density at radius 2 is 1.71 bits per heavy atom. The van der Waals surface area contributed by atoms with E-state index in [4.69, 9.17) is 0 Å². The molecule has 8 heteroatoms. The van der Waals surface area contributed by atoms with Crippen LogP contribution in [0.25, 0.3) is 11.6 Å². The van der Waals surface area contributed by atoms with Crippen LogP contribution in [-0.2, 0) is 4.79 Å². The molecular formula is C26H18F2N4O2. The molecule has 1 aromatic heterocycles. The summed E-state index contributed by atoms with van der Waals surface area (Å²) in [6, 6.07) is 18.9. The van der Waals surface area contributed by atoms with E-state index in [0.29, 0.717) is 28.7 Å². The van der Waals surface area contributed by atoms with E-state index in [-0.39, 0.29) is 11.5 Å². The average molecular weight is 456 g/mol. The van der Waals surface area contributed by atoms with Gasteiger partial charge in [-0.1, -0.05) is 12.1 Å². The number of benzene rings is 3. The molecule has 1 aliphatic heterocycles. The smallest absolute Gasteiger partial charge is 0.258 e. The first-order valence-corrected chi connectivity index (χ1v) is 10.4. The number of aromatic nitrogens is 1. The van der Waals surface area contributed by atoms with Crippen LogP contribution in [0.15, 0.2) is 79.0 Å². The fourth-order valence-electron chi connectivity index (χ4n) is 3.72. The van der Waals surface area contributed by atoms with Gasteiger partial charge in [-0.3, -0.25) is 9.59 Å². The maximum absolute atomic E-state index is 13.9. The summed E-state index contributed by atoms with van der Waals surface area (Å²) in [6.07, 6.45) is 3.59. The van der Waals surface area contributed by atoms with E-state index in [2.05, 4.69) is 20.9 Å². The summed E-state index contributed by atoms with van der Waals surface area (Å²) in [7, 11) is 0. The van der Waals surface area contributed by atoms with Crippen LogP contribution >= 0.6 is 0 Å². The number of anilines is 4. The van der Waals surface area contributed by atoms with E-state index in [1.54, 1.807) is 36.5 Å². The molecule has 34 heavy (non-hydrogen) atoms. The van der Waals surface area contributed by atoms with Crippen molar-refractivity contribution in [2.24, 2.45) is 0 Å². The Hall–Kier alpha value is -4.72. The second kappa shape index (κ2) is 8.67. The molecule has 0 saturated carbocycles. The summed E-state index contributed by atoms with van der Waals surface area (Å²) in [5.41, 5.74) is 4.47. The van der Waals surface area contributed by atoms with Gasteiger partial charge in [0.15, 0.2) is 0 Å². The van der Waals surface area contributed by atoms with Gasteiger partial charge in [-0.25, -0.2) is 8.78 Å². The number of H-pyrrole nitrogens is 1. The van der Waals surface area contributed by atoms with Crippen LogP contribution in [0.2, 0.25) is 0 Å². The Kier molecular flexibility index (Phi) is 5.39. The number of halogens is 2. The van der Waals surface area contributed by atoms with E-state index < -0.39 is 17.5 Å². The Morgan fingerprint density at radius 1 is 0.882 bits per heavy atom. The van der Waals surface area contributed by atoms with Gasteiger partial charge in [-0.05, 0) is 60.7 Å². The van der Waals surface area contributed by atoms with Gasteiger partial charge < -0.3 is 20.9 Å². The van der Waals surface area contributed by atoms with E-state index in [1.807, 2.05) is 30.3 Å². The van der Waals surface area contributed by atoms with Crippen molar-refractivity contribution in [1.29, 1.82) is 0 Å². The SMILES string of the molecule is O=C1Nc2cc(Nc3cccc(NC(=O)c4ccc(F)cc4F)c3)ccc2C1=Cc1ccc[nH]1. The van der Waals surface area contributed by atoms with Crippen molar-refractivity contribution in [2.45, 2.75) is 0 Å². The highest BCUT2D eigenvalue weighted by Crippen LogP contribution is 2.35. The summed E-state index contributed by atoms with van der Waals surface area (Å²) in [5, 5.41) is 8.71. The number of nitrogens with one attached hydrogen (secondary N) is 4. The summed E-state index contributed by atoms with van der Waals surface area (Å²) >= 11 is 0. The number of fused-ring (bicyclic) bond motifs is 1. The van der Waals surface area contributed by atoms with Crippen LogP contribution in [0.5, 0.6) is 0 Å². The number of carbonyl (C=O) groups excluding carboxylic acids is 2. The van der Waals surface area contributed by atoms with Crippen molar-refractivity contribution >= 4 is 46.2 Å². The zero-order valence-electron chi connectivity index (χ0n) is 17.7. The minimum Gasteiger partial charge on any atom is -0.362 e. The fourth-order valence-corrected chi connectivity index (χ4v) is 3.72. The molecule has 0 unspecified atom stereocenters. The van der Waals surface area contributed by atoms with Gasteiger partial charge >= 0.3 is 0 Å². The van der Waals surface area contributed by atoms with Crippen LogP contribution in [0, 0.1) is 11.6 Å². The molecule has 0 bridgehead atoms. The first-order valence-electron chi connectivity index (χ1n) is 10.4. The van der Waals surface area contributed by atoms with Crippen LogP contribution in [0.1, 0.15) is 21.6 Å². The minimum absolute atomic E-state index is 0.181. The van der Waals surface area contributed by atoms with Crippen molar-refractivity contribution in [3.63, 3.8) is 0 Å². The summed E-state index contributed by atoms with van der Waals surface area (Å²) in [6.45, 7) is 0. The molecule has 0 radical (unpaired) electrons. The highest BCUT2D eigenvalue weighted by molar-refractivity contribution is 6.35. The monoisotopic (exact) mass is 456 g/mol. The highest BCUT2D eigenvalue weighted by Gasteiger charge is 2.24. The normalized spacial score (nSPS) is 13.5. The molecule has 6 nitrogen and oxygen atoms in total. The maximum atomic E-state index is 13.9. The molecule has 2 heterocycles. The molecule has 0 fully saturated rings. The van der Waals surface area contributed by atoms with Crippen molar-refractivity contribution in [3.8, 4) is 0 Å². The molecule has 168 valence electrons. The number of aromatic amines is 1. The lowest BCUT2D eigenvalue weighted by molar-refractivity contribution is -0.110. The van der Waals surface area contributed by atoms with E-state index in [9.17, 15) is 18.4 Å². The molecular weight excluding hydrogens is 438 g/mol. The van der Waals surface area contributed by atoms with Crippen LogP contribution < -0.4 is 16.0 Å². The topological polar surface area (TPSA) is 86.0 Å². The van der Waals surface area contributed by atoms with E-state index >= 15 is 0 Å². The van der Waals surface area contributed by atoms with Crippen molar-refractivity contribution in [2.75, 3.05) is 16.0 Å². The summed E-state index contributed by atoms with van der Waals surface area (Å²) < 4.78 is 27.0. The first-order chi connectivity index (χ1) is 16.5. The van der Waals surface area contributed by atoms with Crippen molar-refractivity contribution < 1.29 is 18.4 Å². The highest BCUT2D eigenvalue weighted by atomic mass is 19.1. The third kappa shape index (κ3) is 4.29. The molecule has 0 spiro atoms. The standard InChI is InChI=1S/C26H18F2N4O2/c27-15-6-8-21(23(28)11-15)25(33)31-18-4-1-3-17(12-18)30-19-7-9-20-22(13-16-5-2-10-29-16)26(34)32-24(20)14-19/h1-14,29-30H,(H,31,33)(H,32,34). The van der Waals surface area contributed by atoms with Crippen LogP contribution in [0.4, 0.5) is 31.5 Å². The number of amides is 2. The molecule has 4 N–H and O–H groups in total. The van der Waals surface area contributed by atoms with Gasteiger partial charge in [0.2, 0.25) is 0 Å². The van der Waals surface area contributed by atoms with Crippen LogP contribution in [0.3, 0.4) is 0 Å². The lowest BCUT2D eigenvalue weighted by atomic mass is 10.1. The third-order valence-electron chi connectivity index (χ3n) is 5.31. The molecule has 0 atom stereocenters. The van der Waals surface area contributed by atoms with Crippen molar-refractivity contribution in [1.82, 2.24) is 4.98 Å². The number of carbonyl (C=O) groups is 2. The number of rotatable bonds is 5. The van der Waals surface area contributed by atoms with E-state index in [1.165, 1.54) is 0 Å². The first kappa shape index (κ1) is 21.1. The van der Waals surface area contributed by atoms with Gasteiger partial charge in [0.1, 0.15) is 11.6 Å². The van der Waals surface area contributed by atoms with Gasteiger partial charge in [-0.15, -0.1) is 0 Å². The Bertz CT molecular complexity index is 1450. The van der Waals surface area contributed by atoms with Gasteiger partial charge in [0.25, 0.3) is 11.8 Å². The Balaban J connectivity index is 1.33. The molecule has 2 amide bonds. The molecule has 0 aliphatic carbocycles. The zero-order valence-corrected chi connectivity index (χ0v) is 17.7. The van der Waals surface area contributed by atoms with Gasteiger partial charge in [0, 0.05) is 40.6 Å². The quantitative estimate of drug-likeness (QED) is 0.287. The minimum atomic E-state index is -0.934. The fraction of sp³-hybridized carbons (Fsp3) is 0. The second-order valence-corrected chi connectivity index (χ2v) is 7.68. The summed E-state index contributed by atoms with van der Waals surface area (Å²) in [4.78, 5) is 27.9. The van der Waals surface area contributed by atoms with Gasteiger partial charge in [-0.2, -0.15) is 0 Å². The predicted octanol–water partition coefficient (Wildman–Crippen LogP) is 5.78. The number of hydrogen-bond donors (Lipinski definition) is 4. The molecule has 1 aliphatic rings. The lowest BCUT2D eigenvalue weighted by Gasteiger charge is -2.11. The number of hydrogen-bond acceptors (Lipinski definition) is 3. The third-order valence-corrected chi connectivity index (χ3v) is 5.31. The van der Waals surface area contributed by atoms with E-state index in [0.717, 1.165) is 29.1 Å². The second-order valence-electron chi connectivity index (χ2n) is 7.68. The van der Waals surface area contributed by atoms with Gasteiger partial charge in [0.05, 0.1) is 16.8 Å².